The van der Waals surface area contributed by atoms with E-state index in [4.69, 9.17) is 0 Å². The van der Waals surface area contributed by atoms with Crippen molar-refractivity contribution in [2.24, 2.45) is 0 Å². The van der Waals surface area contributed by atoms with Crippen molar-refractivity contribution in [2.45, 2.75) is 31.3 Å². The fourth-order valence-corrected chi connectivity index (χ4v) is 3.26. The van der Waals surface area contributed by atoms with Gasteiger partial charge in [0, 0.05) is 18.6 Å². The van der Waals surface area contributed by atoms with Crippen LogP contribution in [0.3, 0.4) is 0 Å². The van der Waals surface area contributed by atoms with E-state index in [0.717, 1.165) is 6.54 Å². The fraction of sp³-hybridized carbons (Fsp3) is 0.571. The summed E-state index contributed by atoms with van der Waals surface area (Å²) in [4.78, 5) is 2.70. The van der Waals surface area contributed by atoms with Gasteiger partial charge in [-0.3, -0.25) is 4.90 Å². The molecule has 2 fully saturated rings. The van der Waals surface area contributed by atoms with Crippen LogP contribution in [-0.4, -0.2) is 30.1 Å². The summed E-state index contributed by atoms with van der Waals surface area (Å²) in [5, 5.41) is 3.53. The van der Waals surface area contributed by atoms with Crippen LogP contribution in [0.2, 0.25) is 0 Å². The third-order valence-corrected chi connectivity index (χ3v) is 4.18. The summed E-state index contributed by atoms with van der Waals surface area (Å²) >= 11 is 0. The minimum atomic E-state index is 0. The molecule has 0 aliphatic carbocycles. The molecule has 0 amide bonds. The molecule has 102 valence electrons. The molecule has 2 aliphatic heterocycles. The van der Waals surface area contributed by atoms with Crippen LogP contribution in [-0.2, 0) is 6.54 Å². The van der Waals surface area contributed by atoms with Crippen LogP contribution in [0.5, 0.6) is 0 Å². The van der Waals surface area contributed by atoms with E-state index >= 15 is 0 Å². The van der Waals surface area contributed by atoms with E-state index in [-0.39, 0.29) is 24.8 Å². The third kappa shape index (κ3) is 3.00. The lowest BCUT2D eigenvalue weighted by atomic mass is 9.95. The van der Waals surface area contributed by atoms with Crippen LogP contribution < -0.4 is 5.32 Å². The number of hydrogen-bond donors (Lipinski definition) is 1. The highest BCUT2D eigenvalue weighted by atomic mass is 35.5. The summed E-state index contributed by atoms with van der Waals surface area (Å²) in [6, 6.07) is 10.9. The van der Waals surface area contributed by atoms with Gasteiger partial charge in [0.05, 0.1) is 0 Å². The zero-order valence-electron chi connectivity index (χ0n) is 10.6. The molecule has 1 aromatic rings. The Bertz CT molecular complexity index is 345. The molecule has 3 rings (SSSR count). The summed E-state index contributed by atoms with van der Waals surface area (Å²) in [6.45, 7) is 4.80. The van der Waals surface area contributed by atoms with Crippen LogP contribution in [0.4, 0.5) is 0 Å². The molecule has 0 aromatic heterocycles. The van der Waals surface area contributed by atoms with E-state index in [1.54, 1.807) is 0 Å². The molecule has 2 nitrogen and oxygen atoms in total. The number of rotatable bonds is 2. The van der Waals surface area contributed by atoms with Crippen LogP contribution in [0, 0.1) is 0 Å². The second-order valence-electron chi connectivity index (χ2n) is 5.16. The van der Waals surface area contributed by atoms with Gasteiger partial charge in [-0.1, -0.05) is 30.3 Å². The van der Waals surface area contributed by atoms with E-state index < -0.39 is 0 Å². The van der Waals surface area contributed by atoms with Crippen LogP contribution >= 0.6 is 24.8 Å². The molecule has 2 saturated heterocycles. The summed E-state index contributed by atoms with van der Waals surface area (Å²) in [6.07, 6.45) is 4.08. The average molecular weight is 289 g/mol. The molecule has 1 N–H and O–H groups in total. The largest absolute Gasteiger partial charge is 0.315 e. The second-order valence-corrected chi connectivity index (χ2v) is 5.16. The molecular weight excluding hydrogens is 267 g/mol. The summed E-state index contributed by atoms with van der Waals surface area (Å²) < 4.78 is 0. The average Bonchev–Trinajstić information content (AvgIpc) is 2.93. The Morgan fingerprint density at radius 3 is 2.56 bits per heavy atom. The van der Waals surface area contributed by atoms with Crippen molar-refractivity contribution in [1.82, 2.24) is 10.2 Å². The second kappa shape index (κ2) is 6.76. The number of nitrogens with zero attached hydrogens (tertiary/aromatic N) is 1. The summed E-state index contributed by atoms with van der Waals surface area (Å²) in [7, 11) is 0. The lowest BCUT2D eigenvalue weighted by Crippen LogP contribution is -2.44. The number of nitrogens with one attached hydrogen (secondary N) is 1. The normalized spacial score (nSPS) is 26.9. The minimum Gasteiger partial charge on any atom is -0.315 e. The highest BCUT2D eigenvalue weighted by Gasteiger charge is 2.42. The molecule has 18 heavy (non-hydrogen) atoms. The van der Waals surface area contributed by atoms with Gasteiger partial charge in [0.1, 0.15) is 0 Å². The van der Waals surface area contributed by atoms with Gasteiger partial charge in [-0.25, -0.2) is 0 Å². The maximum Gasteiger partial charge on any atom is 0.0350 e. The Kier molecular flexibility index (Phi) is 5.93. The zero-order valence-corrected chi connectivity index (χ0v) is 12.2. The van der Waals surface area contributed by atoms with Crippen molar-refractivity contribution in [2.75, 3.05) is 19.6 Å². The predicted octanol–water partition coefficient (Wildman–Crippen LogP) is 2.86. The first kappa shape index (κ1) is 15.8. The molecule has 0 unspecified atom stereocenters. The lowest BCUT2D eigenvalue weighted by molar-refractivity contribution is 0.148. The SMILES string of the molecule is Cl.Cl.c1ccc(CN2CCC[C@@]23CCNC3)cc1. The number of halogens is 2. The first-order valence-electron chi connectivity index (χ1n) is 6.39. The van der Waals surface area contributed by atoms with Gasteiger partial charge in [0.15, 0.2) is 0 Å². The molecule has 4 heteroatoms. The van der Waals surface area contributed by atoms with Gasteiger partial charge < -0.3 is 5.32 Å². The van der Waals surface area contributed by atoms with Crippen molar-refractivity contribution in [3.63, 3.8) is 0 Å². The van der Waals surface area contributed by atoms with Gasteiger partial charge in [-0.2, -0.15) is 0 Å². The fourth-order valence-electron chi connectivity index (χ4n) is 3.26. The predicted molar refractivity (Wildman–Crippen MR) is 80.8 cm³/mol. The van der Waals surface area contributed by atoms with E-state index in [0.29, 0.717) is 5.54 Å². The molecule has 0 bridgehead atoms. The number of benzene rings is 1. The quantitative estimate of drug-likeness (QED) is 0.900. The van der Waals surface area contributed by atoms with Crippen LogP contribution in [0.25, 0.3) is 0 Å². The van der Waals surface area contributed by atoms with Gasteiger partial charge in [0.25, 0.3) is 0 Å². The first-order valence-corrected chi connectivity index (χ1v) is 6.39. The molecule has 1 atom stereocenters. The highest BCUT2D eigenvalue weighted by Crippen LogP contribution is 2.35. The van der Waals surface area contributed by atoms with Gasteiger partial charge in [-0.15, -0.1) is 24.8 Å². The first-order chi connectivity index (χ1) is 7.89. The van der Waals surface area contributed by atoms with E-state index in [1.807, 2.05) is 0 Å². The molecular formula is C14H22Cl2N2. The topological polar surface area (TPSA) is 15.3 Å². The standard InChI is InChI=1S/C14H20N2.2ClH/c1-2-5-13(6-3-1)11-16-10-4-7-14(16)8-9-15-12-14;;/h1-3,5-6,15H,4,7-12H2;2*1H/t14-;;/m0../s1. The molecule has 0 saturated carbocycles. The maximum absolute atomic E-state index is 3.53. The van der Waals surface area contributed by atoms with E-state index in [2.05, 4.69) is 40.5 Å². The Hall–Kier alpha value is -0.280. The van der Waals surface area contributed by atoms with Crippen molar-refractivity contribution in [3.05, 3.63) is 35.9 Å². The number of likely N-dealkylation sites (tertiary alicyclic amines) is 1. The zero-order chi connectivity index (χ0) is 10.8. The van der Waals surface area contributed by atoms with E-state index in [1.165, 1.54) is 44.5 Å². The Morgan fingerprint density at radius 2 is 1.89 bits per heavy atom. The molecule has 2 aliphatic rings. The van der Waals surface area contributed by atoms with Gasteiger partial charge >= 0.3 is 0 Å². The summed E-state index contributed by atoms with van der Waals surface area (Å²) in [5.41, 5.74) is 1.94. The molecule has 2 heterocycles. The monoisotopic (exact) mass is 288 g/mol. The van der Waals surface area contributed by atoms with Gasteiger partial charge in [0.2, 0.25) is 0 Å². The van der Waals surface area contributed by atoms with Crippen LogP contribution in [0.15, 0.2) is 30.3 Å². The highest BCUT2D eigenvalue weighted by molar-refractivity contribution is 5.85. The molecule has 1 aromatic carbocycles. The maximum atomic E-state index is 3.53. The summed E-state index contributed by atoms with van der Waals surface area (Å²) in [5.74, 6) is 0. The van der Waals surface area contributed by atoms with Crippen molar-refractivity contribution in [3.8, 4) is 0 Å². The Balaban J connectivity index is 0.000000810. The molecule has 1 spiro atoms. The van der Waals surface area contributed by atoms with E-state index in [9.17, 15) is 0 Å². The Labute approximate surface area is 122 Å². The molecule has 0 radical (unpaired) electrons. The Morgan fingerprint density at radius 1 is 1.11 bits per heavy atom. The van der Waals surface area contributed by atoms with Crippen LogP contribution in [0.1, 0.15) is 24.8 Å². The van der Waals surface area contributed by atoms with Crippen molar-refractivity contribution in [1.29, 1.82) is 0 Å². The third-order valence-electron chi connectivity index (χ3n) is 4.18. The lowest BCUT2D eigenvalue weighted by Gasteiger charge is -2.34. The van der Waals surface area contributed by atoms with Crippen molar-refractivity contribution < 1.29 is 0 Å². The smallest absolute Gasteiger partial charge is 0.0350 e. The number of hydrogen-bond acceptors (Lipinski definition) is 2. The van der Waals surface area contributed by atoms with Gasteiger partial charge in [-0.05, 0) is 37.9 Å². The minimum absolute atomic E-state index is 0. The van der Waals surface area contributed by atoms with Crippen molar-refractivity contribution >= 4 is 24.8 Å².